The second-order valence-corrected chi connectivity index (χ2v) is 3.82. The number of aromatic nitrogens is 1. The zero-order valence-corrected chi connectivity index (χ0v) is 8.25. The Balaban J connectivity index is 2.74. The highest BCUT2D eigenvalue weighted by Crippen LogP contribution is 2.36. The average Bonchev–Trinajstić information content (AvgIpc) is 2.61. The summed E-state index contributed by atoms with van der Waals surface area (Å²) in [6.45, 7) is 0.0803. The number of nitrogens with zero attached hydrogens (tertiary/aromatic N) is 1. The molecule has 0 aliphatic heterocycles. The van der Waals surface area contributed by atoms with Crippen LogP contribution in [0.3, 0.4) is 0 Å². The number of halogens is 3. The van der Waals surface area contributed by atoms with Crippen LogP contribution in [-0.4, -0.2) is 4.98 Å². The van der Waals surface area contributed by atoms with Gasteiger partial charge in [-0.15, -0.1) is 11.3 Å². The number of alkyl halides is 3. The van der Waals surface area contributed by atoms with Crippen LogP contribution in [0.5, 0.6) is 0 Å². The maximum absolute atomic E-state index is 12.6. The Morgan fingerprint density at radius 2 is 2.13 bits per heavy atom. The zero-order valence-electron chi connectivity index (χ0n) is 7.43. The molecule has 0 fully saturated rings. The summed E-state index contributed by atoms with van der Waals surface area (Å²) in [6, 6.07) is 2.65. The second-order valence-electron chi connectivity index (χ2n) is 3.00. The van der Waals surface area contributed by atoms with Crippen molar-refractivity contribution in [3.05, 3.63) is 28.8 Å². The van der Waals surface area contributed by atoms with Crippen molar-refractivity contribution in [3.63, 3.8) is 0 Å². The number of benzene rings is 1. The maximum Gasteiger partial charge on any atom is 0.418 e. The van der Waals surface area contributed by atoms with E-state index < -0.39 is 11.7 Å². The molecule has 6 heteroatoms. The van der Waals surface area contributed by atoms with Gasteiger partial charge in [-0.1, -0.05) is 0 Å². The smallest absolute Gasteiger partial charge is 0.326 e. The zero-order chi connectivity index (χ0) is 11.1. The highest BCUT2D eigenvalue weighted by atomic mass is 32.1. The van der Waals surface area contributed by atoms with E-state index in [2.05, 4.69) is 10.5 Å². The summed E-state index contributed by atoms with van der Waals surface area (Å²) >= 11 is 1.06. The van der Waals surface area contributed by atoms with Crippen molar-refractivity contribution in [3.8, 4) is 0 Å². The van der Waals surface area contributed by atoms with Crippen LogP contribution in [0.4, 0.5) is 13.2 Å². The summed E-state index contributed by atoms with van der Waals surface area (Å²) < 4.78 is 38.3. The van der Waals surface area contributed by atoms with E-state index in [0.717, 1.165) is 17.4 Å². The molecule has 0 bridgehead atoms. The van der Waals surface area contributed by atoms with E-state index in [1.807, 2.05) is 0 Å². The molecule has 0 unspecified atom stereocenters. The lowest BCUT2D eigenvalue weighted by Gasteiger charge is -2.08. The molecular formula is C9H6F3N2S. The van der Waals surface area contributed by atoms with Crippen molar-refractivity contribution in [2.45, 2.75) is 12.7 Å². The van der Waals surface area contributed by atoms with Crippen LogP contribution in [0.15, 0.2) is 12.1 Å². The number of hydrogen-bond acceptors (Lipinski definition) is 3. The summed E-state index contributed by atoms with van der Waals surface area (Å²) in [5.74, 6) is 0. The van der Waals surface area contributed by atoms with Gasteiger partial charge in [0.05, 0.1) is 15.8 Å². The van der Waals surface area contributed by atoms with Gasteiger partial charge in [-0.25, -0.2) is 4.98 Å². The Labute approximate surface area is 87.5 Å². The largest absolute Gasteiger partial charge is 0.418 e. The topological polar surface area (TPSA) is 38.9 Å². The van der Waals surface area contributed by atoms with Crippen LogP contribution in [-0.2, 0) is 12.7 Å². The first-order valence-electron chi connectivity index (χ1n) is 4.09. The molecule has 2 nitrogen and oxygen atoms in total. The third-order valence-electron chi connectivity index (χ3n) is 1.99. The lowest BCUT2D eigenvalue weighted by Crippen LogP contribution is -2.08. The minimum Gasteiger partial charge on any atom is -0.326 e. The van der Waals surface area contributed by atoms with Crippen molar-refractivity contribution in [2.75, 3.05) is 0 Å². The van der Waals surface area contributed by atoms with Crippen LogP contribution in [0.1, 0.15) is 11.1 Å². The number of rotatable bonds is 1. The molecule has 1 radical (unpaired) electrons. The fourth-order valence-electron chi connectivity index (χ4n) is 1.31. The van der Waals surface area contributed by atoms with Crippen LogP contribution in [0.25, 0.3) is 10.2 Å². The Kier molecular flexibility index (Phi) is 2.40. The van der Waals surface area contributed by atoms with Crippen LogP contribution >= 0.6 is 11.3 Å². The summed E-state index contributed by atoms with van der Waals surface area (Å²) in [5.41, 5.74) is 7.44. The monoisotopic (exact) mass is 231 g/mol. The van der Waals surface area contributed by atoms with E-state index in [4.69, 9.17) is 5.73 Å². The molecule has 2 rings (SSSR count). The van der Waals surface area contributed by atoms with E-state index in [0.29, 0.717) is 10.3 Å². The standard InChI is InChI=1S/C9H6F3N2S/c10-9(11,12)6-1-5(3-13)2-7-8(6)14-4-15-7/h1-2H,3,13H2. The maximum atomic E-state index is 12.6. The molecule has 15 heavy (non-hydrogen) atoms. The number of thiazole rings is 1. The Morgan fingerprint density at radius 3 is 2.73 bits per heavy atom. The van der Waals surface area contributed by atoms with Crippen LogP contribution in [0.2, 0.25) is 0 Å². The lowest BCUT2D eigenvalue weighted by molar-refractivity contribution is -0.136. The molecular weight excluding hydrogens is 225 g/mol. The fraction of sp³-hybridized carbons (Fsp3) is 0.222. The quantitative estimate of drug-likeness (QED) is 0.819. The average molecular weight is 231 g/mol. The first-order valence-corrected chi connectivity index (χ1v) is 4.91. The molecule has 0 amide bonds. The van der Waals surface area contributed by atoms with Crippen LogP contribution in [0, 0.1) is 5.51 Å². The van der Waals surface area contributed by atoms with E-state index in [9.17, 15) is 13.2 Å². The summed E-state index contributed by atoms with van der Waals surface area (Å²) in [6.07, 6.45) is -4.40. The molecule has 0 spiro atoms. The van der Waals surface area contributed by atoms with Gasteiger partial charge in [-0.05, 0) is 17.7 Å². The number of nitrogens with two attached hydrogens (primary N) is 1. The number of hydrogen-bond donors (Lipinski definition) is 1. The highest BCUT2D eigenvalue weighted by Gasteiger charge is 2.34. The first-order chi connectivity index (χ1) is 7.02. The van der Waals surface area contributed by atoms with Gasteiger partial charge in [-0.3, -0.25) is 0 Å². The van der Waals surface area contributed by atoms with Crippen molar-refractivity contribution >= 4 is 21.6 Å². The van der Waals surface area contributed by atoms with E-state index >= 15 is 0 Å². The number of fused-ring (bicyclic) bond motifs is 1. The van der Waals surface area contributed by atoms with Gasteiger partial charge in [0, 0.05) is 6.54 Å². The molecule has 0 saturated heterocycles. The third kappa shape index (κ3) is 1.82. The summed E-state index contributed by atoms with van der Waals surface area (Å²) in [5, 5.41) is 0. The Bertz CT molecular complexity index is 490. The normalized spacial score (nSPS) is 12.3. The molecule has 1 aromatic heterocycles. The van der Waals surface area contributed by atoms with Gasteiger partial charge in [0.2, 0.25) is 0 Å². The van der Waals surface area contributed by atoms with Crippen molar-refractivity contribution in [1.82, 2.24) is 4.98 Å². The van der Waals surface area contributed by atoms with Gasteiger partial charge in [-0.2, -0.15) is 13.2 Å². The predicted molar refractivity (Wildman–Crippen MR) is 51.3 cm³/mol. The SMILES string of the molecule is NCc1cc(C(F)(F)F)c2n[c]sc2c1. The van der Waals surface area contributed by atoms with Gasteiger partial charge in [0.1, 0.15) is 0 Å². The van der Waals surface area contributed by atoms with Crippen molar-refractivity contribution in [2.24, 2.45) is 5.73 Å². The second kappa shape index (κ2) is 3.46. The molecule has 0 saturated carbocycles. The molecule has 0 aliphatic rings. The Morgan fingerprint density at radius 1 is 1.40 bits per heavy atom. The molecule has 1 aromatic carbocycles. The molecule has 2 aromatic rings. The molecule has 2 N–H and O–H groups in total. The Hall–Kier alpha value is -1.14. The van der Waals surface area contributed by atoms with Gasteiger partial charge < -0.3 is 5.73 Å². The van der Waals surface area contributed by atoms with Crippen LogP contribution < -0.4 is 5.73 Å². The van der Waals surface area contributed by atoms with Gasteiger partial charge in [0.15, 0.2) is 5.51 Å². The highest BCUT2D eigenvalue weighted by molar-refractivity contribution is 7.16. The molecule has 0 aliphatic carbocycles. The van der Waals surface area contributed by atoms with Gasteiger partial charge >= 0.3 is 6.18 Å². The predicted octanol–water partition coefficient (Wildman–Crippen LogP) is 2.57. The van der Waals surface area contributed by atoms with Crippen molar-refractivity contribution < 1.29 is 13.2 Å². The molecule has 79 valence electrons. The van der Waals surface area contributed by atoms with E-state index in [-0.39, 0.29) is 12.1 Å². The molecule has 0 atom stereocenters. The summed E-state index contributed by atoms with van der Waals surface area (Å²) in [4.78, 5) is 3.59. The molecule has 1 heterocycles. The lowest BCUT2D eigenvalue weighted by atomic mass is 10.1. The van der Waals surface area contributed by atoms with Crippen molar-refractivity contribution in [1.29, 1.82) is 0 Å². The third-order valence-corrected chi connectivity index (χ3v) is 2.70. The van der Waals surface area contributed by atoms with E-state index in [1.54, 1.807) is 6.07 Å². The summed E-state index contributed by atoms with van der Waals surface area (Å²) in [7, 11) is 0. The first kappa shape index (κ1) is 10.4. The minimum atomic E-state index is -4.40. The fourth-order valence-corrected chi connectivity index (χ4v) is 2.01. The van der Waals surface area contributed by atoms with E-state index in [1.165, 1.54) is 0 Å². The van der Waals surface area contributed by atoms with Gasteiger partial charge in [0.25, 0.3) is 0 Å². The minimum absolute atomic E-state index is 0.0512.